The molecule has 0 aliphatic rings. The fourth-order valence-electron chi connectivity index (χ4n) is 1.50. The standard InChI is InChI=1S/C11H15N3OS2/c1-8(2)15-6-5-14-10(12-13-11(14)16)9-4-3-7-17-9/h3-4,7-8H,5-6H2,1-2H3,(H,13,16). The fourth-order valence-corrected chi connectivity index (χ4v) is 2.44. The van der Waals surface area contributed by atoms with Crippen molar-refractivity contribution in [2.24, 2.45) is 0 Å². The van der Waals surface area contributed by atoms with Gasteiger partial charge in [-0.05, 0) is 37.5 Å². The van der Waals surface area contributed by atoms with E-state index in [1.54, 1.807) is 11.3 Å². The van der Waals surface area contributed by atoms with Crippen molar-refractivity contribution >= 4 is 23.6 Å². The molecule has 0 fully saturated rings. The molecule has 0 atom stereocenters. The van der Waals surface area contributed by atoms with Crippen molar-refractivity contribution in [3.05, 3.63) is 22.3 Å². The van der Waals surface area contributed by atoms with E-state index in [4.69, 9.17) is 17.0 Å². The minimum Gasteiger partial charge on any atom is -0.377 e. The topological polar surface area (TPSA) is 42.8 Å². The largest absolute Gasteiger partial charge is 0.377 e. The molecule has 2 aromatic heterocycles. The quantitative estimate of drug-likeness (QED) is 0.848. The van der Waals surface area contributed by atoms with Crippen LogP contribution in [0.25, 0.3) is 10.7 Å². The van der Waals surface area contributed by atoms with Crippen LogP contribution >= 0.6 is 23.6 Å². The van der Waals surface area contributed by atoms with Gasteiger partial charge in [0.2, 0.25) is 0 Å². The minimum atomic E-state index is 0.237. The Labute approximate surface area is 109 Å². The molecule has 6 heteroatoms. The predicted octanol–water partition coefficient (Wildman–Crippen LogP) is 3.09. The van der Waals surface area contributed by atoms with E-state index >= 15 is 0 Å². The molecule has 0 saturated heterocycles. The third-order valence-electron chi connectivity index (χ3n) is 2.27. The molecule has 0 amide bonds. The lowest BCUT2D eigenvalue weighted by Gasteiger charge is -2.09. The number of aromatic amines is 1. The lowest BCUT2D eigenvalue weighted by atomic mass is 10.4. The van der Waals surface area contributed by atoms with E-state index in [0.29, 0.717) is 11.4 Å². The van der Waals surface area contributed by atoms with E-state index in [-0.39, 0.29) is 6.10 Å². The molecule has 4 nitrogen and oxygen atoms in total. The van der Waals surface area contributed by atoms with Gasteiger partial charge in [-0.25, -0.2) is 0 Å². The molecule has 0 aliphatic carbocycles. The third-order valence-corrected chi connectivity index (χ3v) is 3.44. The summed E-state index contributed by atoms with van der Waals surface area (Å²) in [5.41, 5.74) is 0. The molecule has 0 aliphatic heterocycles. The maximum absolute atomic E-state index is 5.54. The number of rotatable bonds is 5. The second-order valence-corrected chi connectivity index (χ2v) is 5.24. The first-order valence-corrected chi connectivity index (χ1v) is 6.78. The zero-order valence-corrected chi connectivity index (χ0v) is 11.5. The normalized spacial score (nSPS) is 11.2. The van der Waals surface area contributed by atoms with E-state index in [1.165, 1.54) is 0 Å². The van der Waals surface area contributed by atoms with Crippen LogP contribution in [-0.2, 0) is 11.3 Å². The minimum absolute atomic E-state index is 0.237. The molecule has 1 N–H and O–H groups in total. The summed E-state index contributed by atoms with van der Waals surface area (Å²) in [7, 11) is 0. The van der Waals surface area contributed by atoms with Crippen LogP contribution in [0.3, 0.4) is 0 Å². The lowest BCUT2D eigenvalue weighted by Crippen LogP contribution is -2.11. The Balaban J connectivity index is 2.16. The van der Waals surface area contributed by atoms with Gasteiger partial charge in [-0.15, -0.1) is 11.3 Å². The summed E-state index contributed by atoms with van der Waals surface area (Å²) < 4.78 is 8.15. The van der Waals surface area contributed by atoms with Crippen LogP contribution in [0, 0.1) is 4.77 Å². The van der Waals surface area contributed by atoms with Crippen molar-refractivity contribution in [3.8, 4) is 10.7 Å². The number of nitrogens with one attached hydrogen (secondary N) is 1. The summed E-state index contributed by atoms with van der Waals surface area (Å²) in [6.07, 6.45) is 0.237. The average Bonchev–Trinajstić information content (AvgIpc) is 2.88. The third kappa shape index (κ3) is 3.02. The molecule has 2 rings (SSSR count). The van der Waals surface area contributed by atoms with Gasteiger partial charge in [0, 0.05) is 0 Å². The molecule has 0 saturated carbocycles. The Kier molecular flexibility index (Phi) is 4.09. The van der Waals surface area contributed by atoms with E-state index in [0.717, 1.165) is 17.2 Å². The van der Waals surface area contributed by atoms with Gasteiger partial charge >= 0.3 is 0 Å². The summed E-state index contributed by atoms with van der Waals surface area (Å²) in [6, 6.07) is 4.04. The molecular formula is C11H15N3OS2. The Morgan fingerprint density at radius 3 is 3.06 bits per heavy atom. The maximum atomic E-state index is 5.54. The zero-order valence-electron chi connectivity index (χ0n) is 9.84. The SMILES string of the molecule is CC(C)OCCn1c(-c2cccs2)n[nH]c1=S. The summed E-state index contributed by atoms with van der Waals surface area (Å²) in [5, 5.41) is 9.12. The van der Waals surface area contributed by atoms with Gasteiger partial charge in [0.1, 0.15) is 0 Å². The number of hydrogen-bond acceptors (Lipinski definition) is 4. The molecule has 17 heavy (non-hydrogen) atoms. The first-order chi connectivity index (χ1) is 8.18. The first-order valence-electron chi connectivity index (χ1n) is 5.49. The highest BCUT2D eigenvalue weighted by Gasteiger charge is 2.09. The lowest BCUT2D eigenvalue weighted by molar-refractivity contribution is 0.0727. The van der Waals surface area contributed by atoms with Crippen LogP contribution in [0.1, 0.15) is 13.8 Å². The monoisotopic (exact) mass is 269 g/mol. The number of aromatic nitrogens is 3. The second-order valence-electron chi connectivity index (χ2n) is 3.90. The van der Waals surface area contributed by atoms with Crippen LogP contribution in [-0.4, -0.2) is 27.5 Å². The molecule has 0 unspecified atom stereocenters. The molecule has 2 aromatic rings. The van der Waals surface area contributed by atoms with E-state index in [2.05, 4.69) is 10.2 Å². The summed E-state index contributed by atoms with van der Waals surface area (Å²) in [6.45, 7) is 5.41. The van der Waals surface area contributed by atoms with Gasteiger partial charge < -0.3 is 4.74 Å². The summed E-state index contributed by atoms with van der Waals surface area (Å²) in [4.78, 5) is 1.11. The van der Waals surface area contributed by atoms with Gasteiger partial charge in [0.05, 0.1) is 24.1 Å². The molecule has 0 radical (unpaired) electrons. The number of H-pyrrole nitrogens is 1. The Morgan fingerprint density at radius 2 is 2.41 bits per heavy atom. The Bertz CT molecular complexity index is 513. The fraction of sp³-hybridized carbons (Fsp3) is 0.455. The Morgan fingerprint density at radius 1 is 1.59 bits per heavy atom. The van der Waals surface area contributed by atoms with Gasteiger partial charge in [0.25, 0.3) is 0 Å². The van der Waals surface area contributed by atoms with Crippen LogP contribution in [0.15, 0.2) is 17.5 Å². The molecular weight excluding hydrogens is 254 g/mol. The maximum Gasteiger partial charge on any atom is 0.195 e. The van der Waals surface area contributed by atoms with Crippen molar-refractivity contribution in [2.45, 2.75) is 26.5 Å². The van der Waals surface area contributed by atoms with Crippen LogP contribution in [0.2, 0.25) is 0 Å². The van der Waals surface area contributed by atoms with E-state index in [9.17, 15) is 0 Å². The highest BCUT2D eigenvalue weighted by Crippen LogP contribution is 2.22. The summed E-state index contributed by atoms with van der Waals surface area (Å²) >= 11 is 6.87. The van der Waals surface area contributed by atoms with Crippen LogP contribution in [0.4, 0.5) is 0 Å². The number of hydrogen-bond donors (Lipinski definition) is 1. The van der Waals surface area contributed by atoms with Gasteiger partial charge in [-0.2, -0.15) is 5.10 Å². The summed E-state index contributed by atoms with van der Waals surface area (Å²) in [5.74, 6) is 0.886. The number of ether oxygens (including phenoxy) is 1. The van der Waals surface area contributed by atoms with Crippen LogP contribution < -0.4 is 0 Å². The average molecular weight is 269 g/mol. The second kappa shape index (κ2) is 5.57. The van der Waals surface area contributed by atoms with Gasteiger partial charge in [0.15, 0.2) is 10.6 Å². The predicted molar refractivity (Wildman–Crippen MR) is 71.8 cm³/mol. The van der Waals surface area contributed by atoms with Gasteiger partial charge in [-0.1, -0.05) is 6.07 Å². The molecule has 92 valence electrons. The van der Waals surface area contributed by atoms with Gasteiger partial charge in [-0.3, -0.25) is 9.67 Å². The van der Waals surface area contributed by atoms with Crippen molar-refractivity contribution in [1.29, 1.82) is 0 Å². The molecule has 2 heterocycles. The van der Waals surface area contributed by atoms with Crippen molar-refractivity contribution in [1.82, 2.24) is 14.8 Å². The van der Waals surface area contributed by atoms with Crippen LogP contribution in [0.5, 0.6) is 0 Å². The number of thiophene rings is 1. The van der Waals surface area contributed by atoms with E-state index < -0.39 is 0 Å². The highest BCUT2D eigenvalue weighted by molar-refractivity contribution is 7.71. The smallest absolute Gasteiger partial charge is 0.195 e. The first kappa shape index (κ1) is 12.5. The van der Waals surface area contributed by atoms with Crippen molar-refractivity contribution in [3.63, 3.8) is 0 Å². The molecule has 0 spiro atoms. The number of nitrogens with zero attached hydrogens (tertiary/aromatic N) is 2. The van der Waals surface area contributed by atoms with Crippen molar-refractivity contribution < 1.29 is 4.74 Å². The van der Waals surface area contributed by atoms with E-state index in [1.807, 2.05) is 35.9 Å². The van der Waals surface area contributed by atoms with Crippen molar-refractivity contribution in [2.75, 3.05) is 6.61 Å². The highest BCUT2D eigenvalue weighted by atomic mass is 32.1. The molecule has 0 bridgehead atoms. The molecule has 0 aromatic carbocycles. The Hall–Kier alpha value is -0.980. The zero-order chi connectivity index (χ0) is 12.3.